The van der Waals surface area contributed by atoms with Crippen LogP contribution >= 0.6 is 23.2 Å². The van der Waals surface area contributed by atoms with Crippen LogP contribution in [0.5, 0.6) is 0 Å². The van der Waals surface area contributed by atoms with Crippen molar-refractivity contribution in [3.05, 3.63) is 33.8 Å². The maximum absolute atomic E-state index is 12.0. The molecule has 0 unspecified atom stereocenters. The van der Waals surface area contributed by atoms with Gasteiger partial charge in [-0.15, -0.1) is 0 Å². The number of hydrogen-bond acceptors (Lipinski definition) is 3. The van der Waals surface area contributed by atoms with Gasteiger partial charge in [-0.2, -0.15) is 0 Å². The number of hydrogen-bond donors (Lipinski definition) is 0. The van der Waals surface area contributed by atoms with E-state index in [1.165, 1.54) is 0 Å². The van der Waals surface area contributed by atoms with E-state index in [1.807, 2.05) is 13.8 Å². The van der Waals surface area contributed by atoms with Gasteiger partial charge in [-0.1, -0.05) is 23.2 Å². The molecule has 5 heteroatoms. The van der Waals surface area contributed by atoms with Crippen molar-refractivity contribution < 1.29 is 14.3 Å². The predicted octanol–water partition coefficient (Wildman–Crippen LogP) is 3.97. The van der Waals surface area contributed by atoms with Gasteiger partial charge in [0.1, 0.15) is 0 Å². The highest BCUT2D eigenvalue weighted by atomic mass is 35.5. The Morgan fingerprint density at radius 3 is 2.33 bits per heavy atom. The zero-order valence-electron chi connectivity index (χ0n) is 10.4. The first-order valence-electron chi connectivity index (χ1n) is 5.79. The van der Waals surface area contributed by atoms with Crippen LogP contribution in [-0.4, -0.2) is 25.3 Å². The maximum Gasteiger partial charge on any atom is 0.169 e. The van der Waals surface area contributed by atoms with Crippen LogP contribution in [0.2, 0.25) is 10.0 Å². The Kier molecular flexibility index (Phi) is 6.65. The number of rotatable bonds is 7. The summed E-state index contributed by atoms with van der Waals surface area (Å²) in [5.41, 5.74) is 0.436. The van der Waals surface area contributed by atoms with Gasteiger partial charge < -0.3 is 9.47 Å². The van der Waals surface area contributed by atoms with Gasteiger partial charge in [0.05, 0.1) is 11.4 Å². The molecule has 0 heterocycles. The van der Waals surface area contributed by atoms with Crippen LogP contribution in [0.4, 0.5) is 0 Å². The third-order valence-electron chi connectivity index (χ3n) is 2.29. The van der Waals surface area contributed by atoms with Gasteiger partial charge in [0.2, 0.25) is 0 Å². The molecule has 0 spiro atoms. The van der Waals surface area contributed by atoms with Gasteiger partial charge in [0.15, 0.2) is 12.1 Å². The molecule has 0 atom stereocenters. The van der Waals surface area contributed by atoms with Crippen molar-refractivity contribution in [2.75, 3.05) is 13.2 Å². The normalized spacial score (nSPS) is 10.9. The molecule has 3 nitrogen and oxygen atoms in total. The minimum Gasteiger partial charge on any atom is -0.352 e. The van der Waals surface area contributed by atoms with E-state index in [-0.39, 0.29) is 12.2 Å². The Bertz CT molecular complexity index is 401. The van der Waals surface area contributed by atoms with Crippen molar-refractivity contribution in [1.82, 2.24) is 0 Å². The molecule has 1 rings (SSSR count). The van der Waals surface area contributed by atoms with E-state index < -0.39 is 6.29 Å². The van der Waals surface area contributed by atoms with E-state index in [9.17, 15) is 4.79 Å². The zero-order chi connectivity index (χ0) is 13.5. The summed E-state index contributed by atoms with van der Waals surface area (Å²) in [5.74, 6) is -0.122. The second-order valence-corrected chi connectivity index (χ2v) is 4.44. The van der Waals surface area contributed by atoms with Gasteiger partial charge in [-0.05, 0) is 32.0 Å². The summed E-state index contributed by atoms with van der Waals surface area (Å²) in [5, 5.41) is 0.849. The average molecular weight is 291 g/mol. The number of ether oxygens (including phenoxy) is 2. The lowest BCUT2D eigenvalue weighted by Crippen LogP contribution is -2.21. The third kappa shape index (κ3) is 4.58. The highest BCUT2D eigenvalue weighted by Gasteiger charge is 2.17. The van der Waals surface area contributed by atoms with Crippen LogP contribution in [0.25, 0.3) is 0 Å². The lowest BCUT2D eigenvalue weighted by Gasteiger charge is -2.16. The Labute approximate surface area is 117 Å². The van der Waals surface area contributed by atoms with E-state index in [0.29, 0.717) is 28.8 Å². The first-order chi connectivity index (χ1) is 8.58. The number of ketones is 1. The summed E-state index contributed by atoms with van der Waals surface area (Å²) in [6, 6.07) is 4.80. The first-order valence-corrected chi connectivity index (χ1v) is 6.55. The fourth-order valence-corrected chi connectivity index (χ4v) is 2.03. The molecular weight excluding hydrogens is 275 g/mol. The molecule has 0 fully saturated rings. The summed E-state index contributed by atoms with van der Waals surface area (Å²) in [4.78, 5) is 12.0. The molecule has 0 aliphatic heterocycles. The summed E-state index contributed by atoms with van der Waals surface area (Å²) in [6.07, 6.45) is -0.387. The Hall–Kier alpha value is -0.610. The van der Waals surface area contributed by atoms with Crippen molar-refractivity contribution in [1.29, 1.82) is 0 Å². The topological polar surface area (TPSA) is 35.5 Å². The third-order valence-corrected chi connectivity index (χ3v) is 2.84. The molecule has 0 N–H and O–H groups in total. The molecule has 1 aromatic carbocycles. The monoisotopic (exact) mass is 290 g/mol. The van der Waals surface area contributed by atoms with Crippen LogP contribution in [0.3, 0.4) is 0 Å². The Balaban J connectivity index is 2.73. The van der Waals surface area contributed by atoms with Crippen molar-refractivity contribution in [3.63, 3.8) is 0 Å². The predicted molar refractivity (Wildman–Crippen MR) is 72.4 cm³/mol. The lowest BCUT2D eigenvalue weighted by atomic mass is 10.1. The average Bonchev–Trinajstić information content (AvgIpc) is 2.29. The van der Waals surface area contributed by atoms with E-state index in [1.54, 1.807) is 18.2 Å². The minimum absolute atomic E-state index is 0.122. The standard InChI is InChI=1S/C13H16Cl2O3/c1-3-17-13(18-4-2)8-12(16)10-6-5-9(14)7-11(10)15/h5-7,13H,3-4,8H2,1-2H3. The van der Waals surface area contributed by atoms with Crippen molar-refractivity contribution >= 4 is 29.0 Å². The Morgan fingerprint density at radius 2 is 1.83 bits per heavy atom. The van der Waals surface area contributed by atoms with Crippen LogP contribution < -0.4 is 0 Å². The molecular formula is C13H16Cl2O3. The largest absolute Gasteiger partial charge is 0.352 e. The molecule has 1 aromatic rings. The van der Waals surface area contributed by atoms with Crippen molar-refractivity contribution in [2.24, 2.45) is 0 Å². The summed E-state index contributed by atoms with van der Waals surface area (Å²) < 4.78 is 10.7. The summed E-state index contributed by atoms with van der Waals surface area (Å²) in [7, 11) is 0. The molecule has 0 aromatic heterocycles. The Morgan fingerprint density at radius 1 is 1.22 bits per heavy atom. The molecule has 0 aliphatic rings. The minimum atomic E-state index is -0.528. The quantitative estimate of drug-likeness (QED) is 0.563. The second-order valence-electron chi connectivity index (χ2n) is 3.59. The SMILES string of the molecule is CCOC(CC(=O)c1ccc(Cl)cc1Cl)OCC. The molecule has 0 saturated heterocycles. The fraction of sp³-hybridized carbons (Fsp3) is 0.462. The summed E-state index contributed by atoms with van der Waals surface area (Å²) >= 11 is 11.8. The zero-order valence-corrected chi connectivity index (χ0v) is 11.9. The maximum atomic E-state index is 12.0. The summed E-state index contributed by atoms with van der Waals surface area (Å²) in [6.45, 7) is 4.69. The molecule has 0 aliphatic carbocycles. The molecule has 100 valence electrons. The van der Waals surface area contributed by atoms with Crippen LogP contribution in [0.1, 0.15) is 30.6 Å². The number of carbonyl (C=O) groups excluding carboxylic acids is 1. The highest BCUT2D eigenvalue weighted by molar-refractivity contribution is 6.36. The molecule has 0 amide bonds. The lowest BCUT2D eigenvalue weighted by molar-refractivity contribution is -0.133. The van der Waals surface area contributed by atoms with E-state index in [0.717, 1.165) is 0 Å². The molecule has 0 saturated carbocycles. The first kappa shape index (κ1) is 15.4. The smallest absolute Gasteiger partial charge is 0.169 e. The highest BCUT2D eigenvalue weighted by Crippen LogP contribution is 2.23. The van der Waals surface area contributed by atoms with Crippen LogP contribution in [-0.2, 0) is 9.47 Å². The van der Waals surface area contributed by atoms with E-state index in [4.69, 9.17) is 32.7 Å². The van der Waals surface area contributed by atoms with Crippen LogP contribution in [0, 0.1) is 0 Å². The van der Waals surface area contributed by atoms with E-state index >= 15 is 0 Å². The van der Waals surface area contributed by atoms with Crippen molar-refractivity contribution in [3.8, 4) is 0 Å². The number of benzene rings is 1. The van der Waals surface area contributed by atoms with Gasteiger partial charge in [0, 0.05) is 23.8 Å². The molecule has 18 heavy (non-hydrogen) atoms. The molecule has 0 bridgehead atoms. The van der Waals surface area contributed by atoms with Crippen molar-refractivity contribution in [2.45, 2.75) is 26.6 Å². The second kappa shape index (κ2) is 7.74. The van der Waals surface area contributed by atoms with Gasteiger partial charge in [0.25, 0.3) is 0 Å². The molecule has 0 radical (unpaired) electrons. The van der Waals surface area contributed by atoms with Crippen LogP contribution in [0.15, 0.2) is 18.2 Å². The van der Waals surface area contributed by atoms with Gasteiger partial charge in [-0.3, -0.25) is 4.79 Å². The fourth-order valence-electron chi connectivity index (χ4n) is 1.51. The van der Waals surface area contributed by atoms with Gasteiger partial charge in [-0.25, -0.2) is 0 Å². The number of Topliss-reactive ketones (excluding diaryl/α,β-unsaturated/α-hetero) is 1. The number of halogens is 2. The van der Waals surface area contributed by atoms with E-state index in [2.05, 4.69) is 0 Å². The number of carbonyl (C=O) groups is 1. The van der Waals surface area contributed by atoms with Gasteiger partial charge >= 0.3 is 0 Å².